The van der Waals surface area contributed by atoms with Gasteiger partial charge in [-0.2, -0.15) is 0 Å². The van der Waals surface area contributed by atoms with E-state index in [-0.39, 0.29) is 23.1 Å². The van der Waals surface area contributed by atoms with Crippen molar-refractivity contribution in [1.82, 2.24) is 19.4 Å². The van der Waals surface area contributed by atoms with Gasteiger partial charge in [0.25, 0.3) is 5.56 Å². The predicted molar refractivity (Wildman–Crippen MR) is 124 cm³/mol. The smallest absolute Gasteiger partial charge is 0.258 e. The van der Waals surface area contributed by atoms with Gasteiger partial charge in [-0.25, -0.2) is 23.7 Å². The lowest BCUT2D eigenvalue weighted by atomic mass is 9.90. The van der Waals surface area contributed by atoms with E-state index in [9.17, 15) is 13.6 Å². The molecular weight excluding hydrogens is 438 g/mol. The Hall–Kier alpha value is -3.52. The summed E-state index contributed by atoms with van der Waals surface area (Å²) < 4.78 is 36.0. The van der Waals surface area contributed by atoms with Crippen LogP contribution in [-0.2, 0) is 4.74 Å². The third-order valence-electron chi connectivity index (χ3n) is 6.53. The molecule has 2 unspecified atom stereocenters. The Kier molecular flexibility index (Phi) is 5.69. The lowest BCUT2D eigenvalue weighted by Gasteiger charge is -2.29. The molecule has 8 heteroatoms. The fraction of sp³-hybridized carbons (Fsp3) is 0.308. The predicted octanol–water partition coefficient (Wildman–Crippen LogP) is 4.99. The van der Waals surface area contributed by atoms with Crippen LogP contribution in [-0.4, -0.2) is 26.0 Å². The highest BCUT2D eigenvalue weighted by atomic mass is 19.1. The van der Waals surface area contributed by atoms with Crippen LogP contribution < -0.4 is 5.56 Å². The zero-order valence-electron chi connectivity index (χ0n) is 19.2. The maximum Gasteiger partial charge on any atom is 0.258 e. The quantitative estimate of drug-likeness (QED) is 0.429. The number of halogens is 2. The Labute approximate surface area is 195 Å². The van der Waals surface area contributed by atoms with Gasteiger partial charge in [-0.15, -0.1) is 0 Å². The van der Waals surface area contributed by atoms with Gasteiger partial charge in [-0.05, 0) is 63.4 Å². The normalized spacial score (nSPS) is 18.4. The van der Waals surface area contributed by atoms with Gasteiger partial charge in [0.2, 0.25) is 0 Å². The van der Waals surface area contributed by atoms with Crippen LogP contribution in [0.25, 0.3) is 16.8 Å². The Morgan fingerprint density at radius 2 is 1.88 bits per heavy atom. The van der Waals surface area contributed by atoms with Gasteiger partial charge in [0.1, 0.15) is 24.1 Å². The van der Waals surface area contributed by atoms with Gasteiger partial charge >= 0.3 is 0 Å². The zero-order valence-corrected chi connectivity index (χ0v) is 19.2. The molecule has 0 spiro atoms. The largest absolute Gasteiger partial charge is 0.372 e. The van der Waals surface area contributed by atoms with E-state index in [0.717, 1.165) is 23.0 Å². The number of aromatic nitrogens is 4. The van der Waals surface area contributed by atoms with E-state index < -0.39 is 11.6 Å². The summed E-state index contributed by atoms with van der Waals surface area (Å²) in [6, 6.07) is 7.12. The Balaban J connectivity index is 1.66. The van der Waals surface area contributed by atoms with E-state index in [4.69, 9.17) is 9.72 Å². The van der Waals surface area contributed by atoms with Crippen LogP contribution in [0.5, 0.6) is 0 Å². The molecule has 0 saturated carbocycles. The van der Waals surface area contributed by atoms with Crippen molar-refractivity contribution in [2.75, 3.05) is 6.61 Å². The molecule has 4 heterocycles. The van der Waals surface area contributed by atoms with Gasteiger partial charge in [0, 0.05) is 41.6 Å². The summed E-state index contributed by atoms with van der Waals surface area (Å²) in [5, 5.41) is 0. The van der Waals surface area contributed by atoms with Crippen molar-refractivity contribution < 1.29 is 13.5 Å². The Morgan fingerprint density at radius 1 is 1.06 bits per heavy atom. The first-order valence-corrected chi connectivity index (χ1v) is 11.2. The molecule has 34 heavy (non-hydrogen) atoms. The molecule has 2 atom stereocenters. The number of pyridine rings is 1. The van der Waals surface area contributed by atoms with Crippen molar-refractivity contribution in [1.29, 1.82) is 0 Å². The van der Waals surface area contributed by atoms with Crippen LogP contribution in [0.3, 0.4) is 0 Å². The van der Waals surface area contributed by atoms with Gasteiger partial charge < -0.3 is 4.74 Å². The lowest BCUT2D eigenvalue weighted by molar-refractivity contribution is 0.00193. The fourth-order valence-corrected chi connectivity index (χ4v) is 4.50. The summed E-state index contributed by atoms with van der Waals surface area (Å²) in [7, 11) is 0. The van der Waals surface area contributed by atoms with Crippen LogP contribution in [0.15, 0.2) is 47.7 Å². The molecule has 1 saturated heterocycles. The minimum atomic E-state index is -0.724. The zero-order chi connectivity index (χ0) is 24.0. The fourth-order valence-electron chi connectivity index (χ4n) is 4.50. The SMILES string of the molecule is Cc1cc(C2CC(c3cn4c(=O)c(C)c(C)cc4c(-c4ccc(F)cc4F)n3)CCO2)ncn1. The van der Waals surface area contributed by atoms with Crippen LogP contribution >= 0.6 is 0 Å². The highest BCUT2D eigenvalue weighted by molar-refractivity contribution is 5.78. The number of aryl methyl sites for hydroxylation is 2. The number of hydrogen-bond acceptors (Lipinski definition) is 5. The van der Waals surface area contributed by atoms with Crippen molar-refractivity contribution in [3.8, 4) is 11.3 Å². The van der Waals surface area contributed by atoms with Crippen LogP contribution in [0, 0.1) is 32.4 Å². The molecule has 1 fully saturated rings. The molecule has 6 nitrogen and oxygen atoms in total. The number of ether oxygens (including phenoxy) is 1. The second kappa shape index (κ2) is 8.68. The van der Waals surface area contributed by atoms with E-state index in [0.29, 0.717) is 41.9 Å². The van der Waals surface area contributed by atoms with Crippen molar-refractivity contribution in [3.63, 3.8) is 0 Å². The van der Waals surface area contributed by atoms with E-state index in [1.54, 1.807) is 13.1 Å². The average molecular weight is 463 g/mol. The Bertz CT molecular complexity index is 1470. The minimum absolute atomic E-state index is 0.0332. The second-order valence-electron chi connectivity index (χ2n) is 8.82. The number of hydrogen-bond donors (Lipinski definition) is 0. The van der Waals surface area contributed by atoms with Crippen LogP contribution in [0.4, 0.5) is 8.78 Å². The third kappa shape index (κ3) is 3.98. The van der Waals surface area contributed by atoms with Crippen molar-refractivity contribution >= 4 is 5.52 Å². The standard InChI is InChI=1S/C26H24F2N4O2/c1-14-8-23-25(19-5-4-18(27)11-20(19)28)31-22(12-32(23)26(33)16(14)3)17-6-7-34-24(10-17)21-9-15(2)29-13-30-21/h4-5,8-9,11-13,17,24H,6-7,10H2,1-3H3. The minimum Gasteiger partial charge on any atom is -0.372 e. The summed E-state index contributed by atoms with van der Waals surface area (Å²) in [5.74, 6) is -1.42. The molecule has 174 valence electrons. The summed E-state index contributed by atoms with van der Waals surface area (Å²) >= 11 is 0. The molecule has 3 aromatic heterocycles. The molecule has 0 amide bonds. The molecule has 1 aliphatic heterocycles. The summed E-state index contributed by atoms with van der Waals surface area (Å²) in [6.07, 6.45) is 4.34. The highest BCUT2D eigenvalue weighted by Crippen LogP contribution is 2.37. The molecule has 1 aliphatic rings. The molecular formula is C26H24F2N4O2. The highest BCUT2D eigenvalue weighted by Gasteiger charge is 2.28. The summed E-state index contributed by atoms with van der Waals surface area (Å²) in [5.41, 5.74) is 4.48. The number of nitrogens with zero attached hydrogens (tertiary/aromatic N) is 4. The summed E-state index contributed by atoms with van der Waals surface area (Å²) in [6.45, 7) is 6.00. The van der Waals surface area contributed by atoms with E-state index >= 15 is 0 Å². The molecule has 4 aromatic rings. The van der Waals surface area contributed by atoms with Crippen molar-refractivity contribution in [2.45, 2.75) is 45.6 Å². The van der Waals surface area contributed by atoms with E-state index in [1.807, 2.05) is 26.0 Å². The molecule has 0 N–H and O–H groups in total. The third-order valence-corrected chi connectivity index (χ3v) is 6.53. The second-order valence-corrected chi connectivity index (χ2v) is 8.82. The lowest BCUT2D eigenvalue weighted by Crippen LogP contribution is -2.23. The van der Waals surface area contributed by atoms with E-state index in [2.05, 4.69) is 9.97 Å². The molecule has 5 rings (SSSR count). The first-order valence-electron chi connectivity index (χ1n) is 11.2. The van der Waals surface area contributed by atoms with Crippen molar-refractivity contribution in [2.24, 2.45) is 0 Å². The number of rotatable bonds is 3. The first kappa shape index (κ1) is 22.3. The van der Waals surface area contributed by atoms with Gasteiger partial charge in [-0.1, -0.05) is 0 Å². The van der Waals surface area contributed by atoms with Gasteiger partial charge in [0.05, 0.1) is 22.6 Å². The average Bonchev–Trinajstić information content (AvgIpc) is 2.82. The first-order chi connectivity index (χ1) is 16.3. The van der Waals surface area contributed by atoms with Gasteiger partial charge in [-0.3, -0.25) is 9.20 Å². The molecule has 0 radical (unpaired) electrons. The molecule has 0 aliphatic carbocycles. The van der Waals surface area contributed by atoms with Crippen LogP contribution in [0.2, 0.25) is 0 Å². The number of benzene rings is 1. The van der Waals surface area contributed by atoms with Crippen molar-refractivity contribution in [3.05, 3.63) is 93.1 Å². The maximum atomic E-state index is 14.8. The van der Waals surface area contributed by atoms with Crippen LogP contribution in [0.1, 0.15) is 53.1 Å². The molecule has 1 aromatic carbocycles. The Morgan fingerprint density at radius 3 is 2.65 bits per heavy atom. The molecule has 0 bridgehead atoms. The monoisotopic (exact) mass is 462 g/mol. The summed E-state index contributed by atoms with van der Waals surface area (Å²) in [4.78, 5) is 26.5. The number of fused-ring (bicyclic) bond motifs is 1. The topological polar surface area (TPSA) is 69.4 Å². The maximum absolute atomic E-state index is 14.8. The van der Waals surface area contributed by atoms with Gasteiger partial charge in [0.15, 0.2) is 0 Å². The van der Waals surface area contributed by atoms with E-state index in [1.165, 1.54) is 22.9 Å².